The fourth-order valence-corrected chi connectivity index (χ4v) is 2.46. The van der Waals surface area contributed by atoms with Gasteiger partial charge in [-0.25, -0.2) is 0 Å². The zero-order valence-corrected chi connectivity index (χ0v) is 12.8. The van der Waals surface area contributed by atoms with Crippen LogP contribution in [0.2, 0.25) is 0 Å². The molecule has 2 aromatic carbocycles. The number of nitrogens with zero attached hydrogens (tertiary/aromatic N) is 1. The lowest BCUT2D eigenvalue weighted by molar-refractivity contribution is -0.119. The second-order valence-corrected chi connectivity index (χ2v) is 5.43. The van der Waals surface area contributed by atoms with Gasteiger partial charge in [-0.05, 0) is 23.6 Å². The van der Waals surface area contributed by atoms with Crippen molar-refractivity contribution in [3.63, 3.8) is 0 Å². The van der Waals surface area contributed by atoms with Crippen molar-refractivity contribution in [3.8, 4) is 0 Å². The number of carbonyl (C=O) groups is 1. The van der Waals surface area contributed by atoms with Crippen molar-refractivity contribution in [2.75, 3.05) is 6.54 Å². The summed E-state index contributed by atoms with van der Waals surface area (Å²) in [4.78, 5) is 13.4. The van der Waals surface area contributed by atoms with Crippen molar-refractivity contribution < 1.29 is 9.90 Å². The van der Waals surface area contributed by atoms with Crippen LogP contribution in [0.25, 0.3) is 0 Å². The van der Waals surface area contributed by atoms with Gasteiger partial charge < -0.3 is 10.8 Å². The maximum atomic E-state index is 11.4. The van der Waals surface area contributed by atoms with Gasteiger partial charge in [-0.1, -0.05) is 54.6 Å². The molecule has 0 unspecified atom stereocenters. The number of nitrogens with two attached hydrogens (primary N) is 1. The molecule has 22 heavy (non-hydrogen) atoms. The molecule has 0 saturated heterocycles. The van der Waals surface area contributed by atoms with Crippen molar-refractivity contribution >= 4 is 5.91 Å². The maximum absolute atomic E-state index is 11.4. The Balaban J connectivity index is 2.16. The minimum absolute atomic E-state index is 0.0334. The van der Waals surface area contributed by atoms with E-state index in [-0.39, 0.29) is 25.1 Å². The molecule has 0 spiro atoms. The van der Waals surface area contributed by atoms with E-state index >= 15 is 0 Å². The molecular weight excluding hydrogens is 276 g/mol. The van der Waals surface area contributed by atoms with Crippen LogP contribution in [0.1, 0.15) is 29.7 Å². The zero-order valence-electron chi connectivity index (χ0n) is 12.8. The molecule has 0 aliphatic heterocycles. The van der Waals surface area contributed by atoms with E-state index in [1.54, 1.807) is 0 Å². The molecule has 1 amide bonds. The van der Waals surface area contributed by atoms with Gasteiger partial charge in [0.15, 0.2) is 0 Å². The third-order valence-corrected chi connectivity index (χ3v) is 3.78. The molecule has 0 aliphatic rings. The Labute approximate surface area is 131 Å². The molecule has 0 fully saturated rings. The van der Waals surface area contributed by atoms with Gasteiger partial charge in [-0.2, -0.15) is 0 Å². The third kappa shape index (κ3) is 4.41. The van der Waals surface area contributed by atoms with Crippen LogP contribution in [0.3, 0.4) is 0 Å². The van der Waals surface area contributed by atoms with Crippen molar-refractivity contribution in [1.29, 1.82) is 0 Å². The lowest BCUT2D eigenvalue weighted by atomic mass is 10.1. The highest BCUT2D eigenvalue weighted by Crippen LogP contribution is 2.22. The fourth-order valence-electron chi connectivity index (χ4n) is 2.46. The molecule has 0 heterocycles. The first-order chi connectivity index (χ1) is 10.6. The molecule has 4 nitrogen and oxygen atoms in total. The number of rotatable bonds is 7. The highest BCUT2D eigenvalue weighted by molar-refractivity contribution is 5.76. The molecule has 1 atom stereocenters. The van der Waals surface area contributed by atoms with Gasteiger partial charge in [-0.15, -0.1) is 0 Å². The van der Waals surface area contributed by atoms with Crippen LogP contribution in [0.15, 0.2) is 54.6 Å². The third-order valence-electron chi connectivity index (χ3n) is 3.78. The van der Waals surface area contributed by atoms with Gasteiger partial charge in [-0.3, -0.25) is 9.69 Å². The molecule has 0 aliphatic carbocycles. The van der Waals surface area contributed by atoms with Crippen LogP contribution in [-0.2, 0) is 17.9 Å². The van der Waals surface area contributed by atoms with Gasteiger partial charge in [0.05, 0.1) is 13.2 Å². The molecule has 2 rings (SSSR count). The molecule has 0 radical (unpaired) electrons. The predicted molar refractivity (Wildman–Crippen MR) is 86.8 cm³/mol. The summed E-state index contributed by atoms with van der Waals surface area (Å²) >= 11 is 0. The van der Waals surface area contributed by atoms with Gasteiger partial charge >= 0.3 is 0 Å². The number of carbonyl (C=O) groups excluding carboxylic acids is 1. The van der Waals surface area contributed by atoms with Crippen LogP contribution in [0, 0.1) is 0 Å². The summed E-state index contributed by atoms with van der Waals surface area (Å²) in [5, 5.41) is 9.09. The Morgan fingerprint density at radius 1 is 1.09 bits per heavy atom. The lowest BCUT2D eigenvalue weighted by Gasteiger charge is -2.28. The van der Waals surface area contributed by atoms with E-state index in [0.717, 1.165) is 16.7 Å². The summed E-state index contributed by atoms with van der Waals surface area (Å²) in [6.45, 7) is 2.94. The SMILES string of the molecule is C[C@H](c1ccccc1)N(CC(N)=O)Cc1ccc(CO)cc1. The lowest BCUT2D eigenvalue weighted by Crippen LogP contribution is -2.35. The molecule has 0 saturated carbocycles. The number of amides is 1. The fraction of sp³-hybridized carbons (Fsp3) is 0.278. The Hall–Kier alpha value is -2.17. The average molecular weight is 298 g/mol. The van der Waals surface area contributed by atoms with Crippen LogP contribution in [0.5, 0.6) is 0 Å². The second kappa shape index (κ2) is 7.73. The zero-order chi connectivity index (χ0) is 15.9. The van der Waals surface area contributed by atoms with Crippen molar-refractivity contribution in [2.45, 2.75) is 26.1 Å². The van der Waals surface area contributed by atoms with Crippen LogP contribution < -0.4 is 5.73 Å². The van der Waals surface area contributed by atoms with Crippen molar-refractivity contribution in [3.05, 3.63) is 71.3 Å². The normalized spacial score (nSPS) is 12.3. The largest absolute Gasteiger partial charge is 0.392 e. The first kappa shape index (κ1) is 16.2. The van der Waals surface area contributed by atoms with Crippen LogP contribution >= 0.6 is 0 Å². The molecule has 0 aromatic heterocycles. The van der Waals surface area contributed by atoms with Crippen LogP contribution in [0.4, 0.5) is 0 Å². The number of aliphatic hydroxyl groups is 1. The van der Waals surface area contributed by atoms with Crippen LogP contribution in [-0.4, -0.2) is 22.5 Å². The first-order valence-electron chi connectivity index (χ1n) is 7.36. The van der Waals surface area contributed by atoms with Gasteiger partial charge in [0, 0.05) is 12.6 Å². The second-order valence-electron chi connectivity index (χ2n) is 5.43. The Morgan fingerprint density at radius 3 is 2.23 bits per heavy atom. The van der Waals surface area contributed by atoms with Crippen molar-refractivity contribution in [2.24, 2.45) is 5.73 Å². The van der Waals surface area contributed by atoms with E-state index in [9.17, 15) is 4.79 Å². The topological polar surface area (TPSA) is 66.6 Å². The standard InChI is InChI=1S/C18H22N2O2/c1-14(17-5-3-2-4-6-17)20(12-18(19)22)11-15-7-9-16(13-21)10-8-15/h2-10,14,21H,11-13H2,1H3,(H2,19,22)/t14-/m1/s1. The number of hydrogen-bond donors (Lipinski definition) is 2. The van der Waals surface area contributed by atoms with E-state index in [0.29, 0.717) is 6.54 Å². The number of aliphatic hydroxyl groups excluding tert-OH is 1. The molecule has 116 valence electrons. The smallest absolute Gasteiger partial charge is 0.231 e. The molecule has 3 N–H and O–H groups in total. The van der Waals surface area contributed by atoms with Gasteiger partial charge in [0.2, 0.25) is 5.91 Å². The Kier molecular flexibility index (Phi) is 5.69. The number of hydrogen-bond acceptors (Lipinski definition) is 3. The first-order valence-corrected chi connectivity index (χ1v) is 7.36. The highest BCUT2D eigenvalue weighted by Gasteiger charge is 2.17. The molecular formula is C18H22N2O2. The Morgan fingerprint density at radius 2 is 1.68 bits per heavy atom. The Bertz CT molecular complexity index is 596. The predicted octanol–water partition coefficient (Wildman–Crippen LogP) is 2.23. The quantitative estimate of drug-likeness (QED) is 0.823. The van der Waals surface area contributed by atoms with E-state index in [1.165, 1.54) is 0 Å². The average Bonchev–Trinajstić information content (AvgIpc) is 2.54. The van der Waals surface area contributed by atoms with Crippen molar-refractivity contribution in [1.82, 2.24) is 4.90 Å². The van der Waals surface area contributed by atoms with E-state index < -0.39 is 0 Å². The van der Waals surface area contributed by atoms with Gasteiger partial charge in [0.1, 0.15) is 0 Å². The summed E-state index contributed by atoms with van der Waals surface area (Å²) in [6, 6.07) is 17.9. The number of primary amides is 1. The molecule has 2 aromatic rings. The maximum Gasteiger partial charge on any atom is 0.231 e. The molecule has 0 bridgehead atoms. The summed E-state index contributed by atoms with van der Waals surface area (Å²) < 4.78 is 0. The summed E-state index contributed by atoms with van der Waals surface area (Å²) in [5.41, 5.74) is 8.50. The summed E-state index contributed by atoms with van der Waals surface area (Å²) in [6.07, 6.45) is 0. The summed E-state index contributed by atoms with van der Waals surface area (Å²) in [5.74, 6) is -0.338. The minimum Gasteiger partial charge on any atom is -0.392 e. The monoisotopic (exact) mass is 298 g/mol. The molecule has 4 heteroatoms. The van der Waals surface area contributed by atoms with E-state index in [4.69, 9.17) is 10.8 Å². The van der Waals surface area contributed by atoms with E-state index in [2.05, 4.69) is 6.92 Å². The minimum atomic E-state index is -0.338. The highest BCUT2D eigenvalue weighted by atomic mass is 16.3. The van der Waals surface area contributed by atoms with Gasteiger partial charge in [0.25, 0.3) is 0 Å². The summed E-state index contributed by atoms with van der Waals surface area (Å²) in [7, 11) is 0. The van der Waals surface area contributed by atoms with E-state index in [1.807, 2.05) is 59.5 Å². The number of benzene rings is 2.